The average Bonchev–Trinajstić information content (AvgIpc) is 4.12. The summed E-state index contributed by atoms with van der Waals surface area (Å²) >= 11 is 0. The van der Waals surface area contributed by atoms with Gasteiger partial charge in [0, 0.05) is 0 Å². The average molecular weight is 989 g/mol. The highest BCUT2D eigenvalue weighted by atomic mass is 16.6. The largest absolute Gasteiger partial charge is 0.388 e. The molecule has 0 aromatic heterocycles. The molecule has 12 aliphatic rings. The van der Waals surface area contributed by atoms with Gasteiger partial charge in [-0.25, -0.2) is 0 Å². The van der Waals surface area contributed by atoms with E-state index in [0.717, 1.165) is 128 Å². The van der Waals surface area contributed by atoms with E-state index in [0.29, 0.717) is 93.0 Å². The number of epoxide rings is 4. The molecule has 22 unspecified atom stereocenters. The standard InChI is InChI=1S/C29H48O7.C27H44O7/c1-28-9-20(8-23(12-28)32-15-24-16-33-24)3-5-26(28)35-14-21(30)13-31-22-7-19-4-6-27(29(2,10-19)11-22)36-18-25-17-34-25;28-21(11-29-22-7-17-2-4-27(20(6-17)9-22)34-16-25-15-32-25)12-33-26-3-1-18-5-19(26)10-23(8-18)30-13-24-14-31-24/h19-27,30H,3-18H2,1-2H3;17-28H,1-16H2. The Morgan fingerprint density at radius 1 is 0.386 bits per heavy atom. The zero-order chi connectivity index (χ0) is 47.7. The SMILES string of the molecule is CC12CC(CCC1OCC(O)COC1CC3CCC(OCC4CO4)C(C)(C3)C1)CC(OCC1CO1)C2.OC(COC1CC2CCC(OCC3CO3)C(C2)C1)COC1CCC2CC(OCC3CO3)CC1C2. The van der Waals surface area contributed by atoms with Crippen LogP contribution in [0.4, 0.5) is 0 Å². The summed E-state index contributed by atoms with van der Waals surface area (Å²) in [5.41, 5.74) is 0.299. The maximum atomic E-state index is 10.8. The Bertz CT molecular complexity index is 1630. The Balaban J connectivity index is 0.000000153. The molecule has 8 saturated carbocycles. The lowest BCUT2D eigenvalue weighted by Crippen LogP contribution is -2.49. The lowest BCUT2D eigenvalue weighted by molar-refractivity contribution is -0.157. The first-order chi connectivity index (χ1) is 34.0. The Morgan fingerprint density at radius 3 is 1.31 bits per heavy atom. The van der Waals surface area contributed by atoms with Crippen LogP contribution < -0.4 is 0 Å². The zero-order valence-corrected chi connectivity index (χ0v) is 43.0. The van der Waals surface area contributed by atoms with Gasteiger partial charge >= 0.3 is 0 Å². The van der Waals surface area contributed by atoms with E-state index in [1.807, 2.05) is 0 Å². The normalized spacial score (nSPS) is 47.3. The molecule has 4 saturated heterocycles. The van der Waals surface area contributed by atoms with Crippen LogP contribution in [0.5, 0.6) is 0 Å². The number of ether oxygens (including phenoxy) is 12. The molecule has 400 valence electrons. The van der Waals surface area contributed by atoms with Crippen molar-refractivity contribution in [1.82, 2.24) is 0 Å². The smallest absolute Gasteiger partial charge is 0.104 e. The molecule has 0 amide bonds. The number of aliphatic hydroxyl groups is 2. The summed E-state index contributed by atoms with van der Waals surface area (Å²) < 4.78 is 71.3. The molecule has 0 aromatic carbocycles. The Hall–Kier alpha value is -0.560. The monoisotopic (exact) mass is 989 g/mol. The number of aliphatic hydroxyl groups excluding tert-OH is 2. The van der Waals surface area contributed by atoms with Crippen molar-refractivity contribution in [2.75, 3.05) is 79.3 Å². The second-order valence-corrected chi connectivity index (χ2v) is 25.6. The fraction of sp³-hybridized carbons (Fsp3) is 1.00. The highest BCUT2D eigenvalue weighted by Crippen LogP contribution is 2.52. The van der Waals surface area contributed by atoms with E-state index in [-0.39, 0.29) is 35.2 Å². The molecule has 8 aliphatic carbocycles. The molecule has 22 atom stereocenters. The summed E-state index contributed by atoms with van der Waals surface area (Å²) in [5, 5.41) is 21.4. The van der Waals surface area contributed by atoms with Crippen molar-refractivity contribution in [1.29, 1.82) is 0 Å². The van der Waals surface area contributed by atoms with E-state index >= 15 is 0 Å². The predicted octanol–water partition coefficient (Wildman–Crippen LogP) is 6.99. The third-order valence-electron chi connectivity index (χ3n) is 19.4. The molecule has 14 heteroatoms. The quantitative estimate of drug-likeness (QED) is 0.0952. The van der Waals surface area contributed by atoms with Gasteiger partial charge in [-0.05, 0) is 175 Å². The highest BCUT2D eigenvalue weighted by Gasteiger charge is 2.50. The molecule has 70 heavy (non-hydrogen) atoms. The summed E-state index contributed by atoms with van der Waals surface area (Å²) in [6.07, 6.45) is 25.5. The Kier molecular flexibility index (Phi) is 17.2. The van der Waals surface area contributed by atoms with Crippen LogP contribution in [0.15, 0.2) is 0 Å². The van der Waals surface area contributed by atoms with Crippen LogP contribution in [-0.2, 0) is 56.8 Å². The first-order valence-corrected chi connectivity index (χ1v) is 28.8. The van der Waals surface area contributed by atoms with Gasteiger partial charge < -0.3 is 67.1 Å². The second-order valence-electron chi connectivity index (χ2n) is 25.6. The van der Waals surface area contributed by atoms with Crippen LogP contribution in [0, 0.1) is 46.3 Å². The van der Waals surface area contributed by atoms with Gasteiger partial charge in [0.05, 0.1) is 128 Å². The van der Waals surface area contributed by atoms with E-state index in [4.69, 9.17) is 56.8 Å². The molecule has 4 aliphatic heterocycles. The summed E-state index contributed by atoms with van der Waals surface area (Å²) in [7, 11) is 0. The van der Waals surface area contributed by atoms with Crippen LogP contribution in [0.1, 0.15) is 142 Å². The second kappa shape index (κ2) is 23.4. The molecule has 0 radical (unpaired) electrons. The summed E-state index contributed by atoms with van der Waals surface area (Å²) in [5.74, 6) is 4.11. The minimum Gasteiger partial charge on any atom is -0.388 e. The summed E-state index contributed by atoms with van der Waals surface area (Å²) in [6, 6.07) is 0. The maximum absolute atomic E-state index is 10.8. The minimum atomic E-state index is -0.581. The first kappa shape index (κ1) is 51.5. The van der Waals surface area contributed by atoms with Crippen LogP contribution in [0.25, 0.3) is 0 Å². The fourth-order valence-electron chi connectivity index (χ4n) is 15.4. The third kappa shape index (κ3) is 14.5. The fourth-order valence-corrected chi connectivity index (χ4v) is 15.4. The van der Waals surface area contributed by atoms with Crippen molar-refractivity contribution >= 4 is 0 Å². The minimum absolute atomic E-state index is 0.132. The van der Waals surface area contributed by atoms with Gasteiger partial charge in [-0.2, -0.15) is 0 Å². The van der Waals surface area contributed by atoms with E-state index in [2.05, 4.69) is 13.8 Å². The molecular weight excluding hydrogens is 897 g/mol. The zero-order valence-electron chi connectivity index (χ0n) is 43.0. The third-order valence-corrected chi connectivity index (χ3v) is 19.4. The molecule has 0 aromatic rings. The highest BCUT2D eigenvalue weighted by molar-refractivity contribution is 5.00. The van der Waals surface area contributed by atoms with E-state index < -0.39 is 12.2 Å². The van der Waals surface area contributed by atoms with E-state index in [9.17, 15) is 10.2 Å². The van der Waals surface area contributed by atoms with Gasteiger partial charge in [0.1, 0.15) is 36.6 Å². The Morgan fingerprint density at radius 2 is 0.771 bits per heavy atom. The topological polar surface area (TPSA) is 164 Å². The number of hydrogen-bond donors (Lipinski definition) is 2. The molecule has 2 N–H and O–H groups in total. The van der Waals surface area contributed by atoms with Crippen molar-refractivity contribution in [2.24, 2.45) is 46.3 Å². The molecule has 4 heterocycles. The molecule has 12 fully saturated rings. The van der Waals surface area contributed by atoms with Crippen molar-refractivity contribution in [3.8, 4) is 0 Å². The van der Waals surface area contributed by atoms with Crippen molar-refractivity contribution < 1.29 is 67.1 Å². The Labute approximate surface area is 419 Å². The molecule has 14 nitrogen and oxygen atoms in total. The van der Waals surface area contributed by atoms with Gasteiger partial charge in [0.15, 0.2) is 0 Å². The summed E-state index contributed by atoms with van der Waals surface area (Å²) in [4.78, 5) is 0. The lowest BCUT2D eigenvalue weighted by atomic mass is 9.60. The molecule has 0 spiro atoms. The van der Waals surface area contributed by atoms with Crippen LogP contribution in [0.2, 0.25) is 0 Å². The number of fused-ring (bicyclic) bond motifs is 8. The lowest BCUT2D eigenvalue weighted by Gasteiger charge is -2.51. The van der Waals surface area contributed by atoms with Gasteiger partial charge in [-0.15, -0.1) is 0 Å². The van der Waals surface area contributed by atoms with Crippen molar-refractivity contribution in [3.05, 3.63) is 0 Å². The van der Waals surface area contributed by atoms with Gasteiger partial charge in [0.2, 0.25) is 0 Å². The molecular formula is C56H92O14. The van der Waals surface area contributed by atoms with Crippen molar-refractivity contribution in [3.63, 3.8) is 0 Å². The molecule has 8 bridgehead atoms. The number of hydrogen-bond acceptors (Lipinski definition) is 14. The maximum Gasteiger partial charge on any atom is 0.104 e. The van der Waals surface area contributed by atoms with Crippen LogP contribution in [0.3, 0.4) is 0 Å². The van der Waals surface area contributed by atoms with Gasteiger partial charge in [0.25, 0.3) is 0 Å². The van der Waals surface area contributed by atoms with E-state index in [1.54, 1.807) is 0 Å². The first-order valence-electron chi connectivity index (χ1n) is 28.8. The van der Waals surface area contributed by atoms with E-state index in [1.165, 1.54) is 70.6 Å². The summed E-state index contributed by atoms with van der Waals surface area (Å²) in [6.45, 7) is 12.6. The van der Waals surface area contributed by atoms with Crippen LogP contribution >= 0.6 is 0 Å². The van der Waals surface area contributed by atoms with Gasteiger partial charge in [-0.3, -0.25) is 0 Å². The van der Waals surface area contributed by atoms with Crippen LogP contribution in [-0.4, -0.2) is 175 Å². The number of rotatable bonds is 24. The van der Waals surface area contributed by atoms with Crippen molar-refractivity contribution in [2.45, 2.75) is 228 Å². The molecule has 12 rings (SSSR count). The predicted molar refractivity (Wildman–Crippen MR) is 258 cm³/mol. The van der Waals surface area contributed by atoms with Gasteiger partial charge in [-0.1, -0.05) is 13.8 Å².